The zero-order valence-electron chi connectivity index (χ0n) is 7.57. The SMILES string of the molecule is N=C/C(=N\Nc1ccccc1Cl)C(=O)O. The van der Waals surface area contributed by atoms with Gasteiger partial charge in [0.25, 0.3) is 0 Å². The van der Waals surface area contributed by atoms with E-state index in [1.165, 1.54) is 0 Å². The number of nitrogens with one attached hydrogen (secondary N) is 2. The van der Waals surface area contributed by atoms with Crippen molar-refractivity contribution in [2.24, 2.45) is 5.10 Å². The quantitative estimate of drug-likeness (QED) is 0.540. The Labute approximate surface area is 90.9 Å². The van der Waals surface area contributed by atoms with E-state index in [2.05, 4.69) is 10.5 Å². The van der Waals surface area contributed by atoms with Crippen LogP contribution in [0.5, 0.6) is 0 Å². The van der Waals surface area contributed by atoms with Crippen molar-refractivity contribution in [3.05, 3.63) is 29.3 Å². The molecule has 78 valence electrons. The Morgan fingerprint density at radius 2 is 2.20 bits per heavy atom. The van der Waals surface area contributed by atoms with Gasteiger partial charge in [-0.25, -0.2) is 4.79 Å². The van der Waals surface area contributed by atoms with Gasteiger partial charge in [0.1, 0.15) is 0 Å². The van der Waals surface area contributed by atoms with Crippen molar-refractivity contribution in [2.75, 3.05) is 5.43 Å². The summed E-state index contributed by atoms with van der Waals surface area (Å²) in [6.07, 6.45) is 0.645. The number of hydrogen-bond donors (Lipinski definition) is 3. The Hall–Kier alpha value is -1.88. The fraction of sp³-hybridized carbons (Fsp3) is 0. The maximum Gasteiger partial charge on any atom is 0.357 e. The summed E-state index contributed by atoms with van der Waals surface area (Å²) in [5.74, 6) is -1.27. The number of hydrogen-bond acceptors (Lipinski definition) is 4. The molecule has 0 aliphatic carbocycles. The van der Waals surface area contributed by atoms with Crippen molar-refractivity contribution in [1.82, 2.24) is 0 Å². The normalized spacial score (nSPS) is 10.9. The molecule has 0 unspecified atom stereocenters. The highest BCUT2D eigenvalue weighted by Gasteiger charge is 2.05. The number of carboxylic acids is 1. The molecular weight excluding hydrogens is 218 g/mol. The number of rotatable bonds is 4. The van der Waals surface area contributed by atoms with E-state index < -0.39 is 11.7 Å². The van der Waals surface area contributed by atoms with Crippen LogP contribution in [0.4, 0.5) is 5.69 Å². The van der Waals surface area contributed by atoms with Crippen LogP contribution in [0.15, 0.2) is 29.4 Å². The molecule has 1 aromatic rings. The summed E-state index contributed by atoms with van der Waals surface area (Å²) in [6, 6.07) is 6.76. The van der Waals surface area contributed by atoms with Crippen LogP contribution in [0.3, 0.4) is 0 Å². The van der Waals surface area contributed by atoms with Crippen molar-refractivity contribution in [3.63, 3.8) is 0 Å². The van der Waals surface area contributed by atoms with Gasteiger partial charge in [-0.3, -0.25) is 5.43 Å². The van der Waals surface area contributed by atoms with Gasteiger partial charge in [0, 0.05) is 0 Å². The number of carboxylic acid groups (broad SMARTS) is 1. The number of nitrogens with zero attached hydrogens (tertiary/aromatic N) is 1. The molecule has 0 aliphatic rings. The van der Waals surface area contributed by atoms with Crippen molar-refractivity contribution in [3.8, 4) is 0 Å². The molecular formula is C9H8ClN3O2. The molecule has 15 heavy (non-hydrogen) atoms. The molecule has 0 amide bonds. The highest BCUT2D eigenvalue weighted by molar-refractivity contribution is 6.58. The van der Waals surface area contributed by atoms with E-state index in [1.807, 2.05) is 0 Å². The molecule has 5 nitrogen and oxygen atoms in total. The standard InChI is InChI=1S/C9H8ClN3O2/c10-6-3-1-2-4-7(6)12-13-8(5-11)9(14)15/h1-5,11-12H,(H,14,15)/b11-5?,13-8+. The number of carbonyl (C=O) groups is 1. The Morgan fingerprint density at radius 3 is 2.73 bits per heavy atom. The molecule has 0 atom stereocenters. The number of anilines is 1. The van der Waals surface area contributed by atoms with E-state index >= 15 is 0 Å². The van der Waals surface area contributed by atoms with Gasteiger partial charge in [0.2, 0.25) is 0 Å². The number of halogens is 1. The van der Waals surface area contributed by atoms with Crippen molar-refractivity contribution in [1.29, 1.82) is 5.41 Å². The summed E-state index contributed by atoms with van der Waals surface area (Å²) in [5, 5.41) is 19.3. The second-order valence-corrected chi connectivity index (χ2v) is 2.95. The van der Waals surface area contributed by atoms with Crippen LogP contribution in [-0.2, 0) is 4.79 Å². The minimum Gasteiger partial charge on any atom is -0.476 e. The molecule has 1 aromatic carbocycles. The molecule has 0 saturated carbocycles. The number of hydrazone groups is 1. The number of benzene rings is 1. The van der Waals surface area contributed by atoms with Gasteiger partial charge in [-0.1, -0.05) is 23.7 Å². The Morgan fingerprint density at radius 1 is 1.53 bits per heavy atom. The van der Waals surface area contributed by atoms with E-state index in [0.29, 0.717) is 16.9 Å². The maximum atomic E-state index is 10.5. The van der Waals surface area contributed by atoms with E-state index in [0.717, 1.165) is 0 Å². The molecule has 0 radical (unpaired) electrons. The first-order valence-electron chi connectivity index (χ1n) is 3.97. The third-order valence-electron chi connectivity index (χ3n) is 1.53. The molecule has 0 spiro atoms. The van der Waals surface area contributed by atoms with Crippen LogP contribution in [0.1, 0.15) is 0 Å². The third kappa shape index (κ3) is 3.07. The first-order valence-corrected chi connectivity index (χ1v) is 4.35. The summed E-state index contributed by atoms with van der Waals surface area (Å²) >= 11 is 5.79. The summed E-state index contributed by atoms with van der Waals surface area (Å²) in [5.41, 5.74) is 2.56. The fourth-order valence-corrected chi connectivity index (χ4v) is 0.992. The Bertz CT molecular complexity index is 418. The van der Waals surface area contributed by atoms with Gasteiger partial charge >= 0.3 is 5.97 Å². The van der Waals surface area contributed by atoms with Crippen LogP contribution in [-0.4, -0.2) is 23.0 Å². The van der Waals surface area contributed by atoms with Gasteiger partial charge in [-0.15, -0.1) is 0 Å². The highest BCUT2D eigenvalue weighted by Crippen LogP contribution is 2.20. The Kier molecular flexibility index (Phi) is 3.82. The van der Waals surface area contributed by atoms with Crippen molar-refractivity contribution < 1.29 is 9.90 Å². The molecule has 0 saturated heterocycles. The minimum atomic E-state index is -1.27. The predicted octanol–water partition coefficient (Wildman–Crippen LogP) is 1.84. The Balaban J connectivity index is 2.83. The average molecular weight is 226 g/mol. The van der Waals surface area contributed by atoms with E-state index in [4.69, 9.17) is 22.1 Å². The van der Waals surface area contributed by atoms with Gasteiger partial charge in [-0.05, 0) is 12.1 Å². The zero-order valence-corrected chi connectivity index (χ0v) is 8.32. The summed E-state index contributed by atoms with van der Waals surface area (Å²) < 4.78 is 0. The lowest BCUT2D eigenvalue weighted by Crippen LogP contribution is -2.15. The van der Waals surface area contributed by atoms with E-state index in [1.54, 1.807) is 24.3 Å². The van der Waals surface area contributed by atoms with Crippen LogP contribution in [0.2, 0.25) is 5.02 Å². The minimum absolute atomic E-state index is 0.394. The van der Waals surface area contributed by atoms with Crippen molar-refractivity contribution in [2.45, 2.75) is 0 Å². The molecule has 0 heterocycles. The van der Waals surface area contributed by atoms with Gasteiger partial charge < -0.3 is 10.5 Å². The van der Waals surface area contributed by atoms with Crippen LogP contribution in [0.25, 0.3) is 0 Å². The number of aliphatic carboxylic acids is 1. The second kappa shape index (κ2) is 5.11. The summed E-state index contributed by atoms with van der Waals surface area (Å²) in [6.45, 7) is 0. The topological polar surface area (TPSA) is 85.5 Å². The average Bonchev–Trinajstić information content (AvgIpc) is 2.21. The van der Waals surface area contributed by atoms with Crippen LogP contribution in [0, 0.1) is 5.41 Å². The lowest BCUT2D eigenvalue weighted by molar-refractivity contribution is -0.129. The number of para-hydroxylation sites is 1. The monoisotopic (exact) mass is 225 g/mol. The van der Waals surface area contributed by atoms with Crippen molar-refractivity contribution >= 4 is 35.2 Å². The molecule has 0 aromatic heterocycles. The first-order chi connectivity index (χ1) is 7.15. The van der Waals surface area contributed by atoms with Gasteiger partial charge in [0.05, 0.1) is 16.9 Å². The predicted molar refractivity (Wildman–Crippen MR) is 58.9 cm³/mol. The molecule has 0 fully saturated rings. The largest absolute Gasteiger partial charge is 0.476 e. The molecule has 0 bridgehead atoms. The molecule has 1 rings (SSSR count). The zero-order chi connectivity index (χ0) is 11.3. The lowest BCUT2D eigenvalue weighted by Gasteiger charge is -2.02. The van der Waals surface area contributed by atoms with E-state index in [-0.39, 0.29) is 0 Å². The van der Waals surface area contributed by atoms with E-state index in [9.17, 15) is 4.79 Å². The fourth-order valence-electron chi connectivity index (χ4n) is 0.814. The molecule has 6 heteroatoms. The maximum absolute atomic E-state index is 10.5. The highest BCUT2D eigenvalue weighted by atomic mass is 35.5. The van der Waals surface area contributed by atoms with Crippen LogP contribution < -0.4 is 5.43 Å². The van der Waals surface area contributed by atoms with Crippen LogP contribution >= 0.6 is 11.6 Å². The lowest BCUT2D eigenvalue weighted by atomic mass is 10.3. The smallest absolute Gasteiger partial charge is 0.357 e. The summed E-state index contributed by atoms with van der Waals surface area (Å²) in [7, 11) is 0. The molecule has 3 N–H and O–H groups in total. The second-order valence-electron chi connectivity index (χ2n) is 2.54. The first kappa shape index (κ1) is 11.2. The molecule has 0 aliphatic heterocycles. The third-order valence-corrected chi connectivity index (χ3v) is 1.86. The summed E-state index contributed by atoms with van der Waals surface area (Å²) in [4.78, 5) is 10.5. The van der Waals surface area contributed by atoms with Gasteiger partial charge in [-0.2, -0.15) is 5.10 Å². The van der Waals surface area contributed by atoms with Gasteiger partial charge in [0.15, 0.2) is 5.71 Å².